The van der Waals surface area contributed by atoms with Crippen LogP contribution in [0.3, 0.4) is 0 Å². The van der Waals surface area contributed by atoms with Crippen molar-refractivity contribution >= 4 is 11.7 Å². The molecule has 6 heteroatoms. The third-order valence-corrected chi connectivity index (χ3v) is 5.17. The van der Waals surface area contributed by atoms with Crippen LogP contribution in [-0.2, 0) is 9.59 Å². The Morgan fingerprint density at radius 3 is 2.79 bits per heavy atom. The largest absolute Gasteiger partial charge is 0.395 e. The van der Waals surface area contributed by atoms with Crippen LogP contribution in [-0.4, -0.2) is 52.4 Å². The molecule has 1 rings (SSSR count). The van der Waals surface area contributed by atoms with Crippen molar-refractivity contribution in [2.24, 2.45) is 11.8 Å². The zero-order chi connectivity index (χ0) is 20.8. The Kier molecular flexibility index (Phi) is 12.7. The van der Waals surface area contributed by atoms with Gasteiger partial charge in [-0.3, -0.25) is 9.59 Å². The van der Waals surface area contributed by atoms with E-state index in [0.29, 0.717) is 25.7 Å². The van der Waals surface area contributed by atoms with Gasteiger partial charge >= 0.3 is 0 Å². The minimum absolute atomic E-state index is 0.0310. The maximum Gasteiger partial charge on any atom is 0.220 e. The second kappa shape index (κ2) is 14.5. The number of Topliss-reactive ketones (excluding diaryl/α,β-unsaturated/α-hetero) is 1. The lowest BCUT2D eigenvalue weighted by Gasteiger charge is -2.17. The van der Waals surface area contributed by atoms with Crippen molar-refractivity contribution in [1.29, 1.82) is 0 Å². The molecule has 1 amide bonds. The lowest BCUT2D eigenvalue weighted by Crippen LogP contribution is -2.25. The first-order valence-electron chi connectivity index (χ1n) is 10.6. The molecule has 4 N–H and O–H groups in total. The third-order valence-electron chi connectivity index (χ3n) is 5.17. The molecule has 0 heterocycles. The third kappa shape index (κ3) is 9.62. The van der Waals surface area contributed by atoms with Gasteiger partial charge in [-0.05, 0) is 25.7 Å². The Labute approximate surface area is 168 Å². The second-order valence-corrected chi connectivity index (χ2v) is 7.55. The predicted octanol–water partition coefficient (Wildman–Crippen LogP) is 2.28. The van der Waals surface area contributed by atoms with Gasteiger partial charge in [-0.25, -0.2) is 0 Å². The van der Waals surface area contributed by atoms with Gasteiger partial charge in [-0.1, -0.05) is 50.5 Å². The van der Waals surface area contributed by atoms with Crippen LogP contribution in [0.1, 0.15) is 64.7 Å². The molecular formula is C22H37NO5. The van der Waals surface area contributed by atoms with Gasteiger partial charge in [0.25, 0.3) is 0 Å². The van der Waals surface area contributed by atoms with Gasteiger partial charge in [0.15, 0.2) is 0 Å². The van der Waals surface area contributed by atoms with Crippen LogP contribution in [0.2, 0.25) is 0 Å². The van der Waals surface area contributed by atoms with Crippen molar-refractivity contribution in [1.82, 2.24) is 5.32 Å². The molecule has 0 bridgehead atoms. The fourth-order valence-corrected chi connectivity index (χ4v) is 3.51. The van der Waals surface area contributed by atoms with Crippen molar-refractivity contribution in [2.75, 3.05) is 13.2 Å². The molecule has 1 saturated carbocycles. The summed E-state index contributed by atoms with van der Waals surface area (Å²) < 4.78 is 0. The SMILES string of the molecule is CCCCC[C@H](O)/C=C/[C@H]1C(=O)C[C@H](O)[C@H]1C/C=C\CCCC(=O)NCCO. The van der Waals surface area contributed by atoms with E-state index in [1.165, 1.54) is 0 Å². The number of nitrogens with one attached hydrogen (secondary N) is 1. The van der Waals surface area contributed by atoms with E-state index in [1.54, 1.807) is 12.2 Å². The van der Waals surface area contributed by atoms with Crippen LogP contribution >= 0.6 is 0 Å². The molecule has 0 aromatic rings. The Balaban J connectivity index is 2.40. The average Bonchev–Trinajstić information content (AvgIpc) is 2.94. The summed E-state index contributed by atoms with van der Waals surface area (Å²) in [6, 6.07) is 0. The second-order valence-electron chi connectivity index (χ2n) is 7.55. The van der Waals surface area contributed by atoms with Crippen LogP contribution in [0.15, 0.2) is 24.3 Å². The van der Waals surface area contributed by atoms with Crippen LogP contribution in [0.25, 0.3) is 0 Å². The fourth-order valence-electron chi connectivity index (χ4n) is 3.51. The van der Waals surface area contributed by atoms with Gasteiger partial charge in [0.1, 0.15) is 5.78 Å². The summed E-state index contributed by atoms with van der Waals surface area (Å²) >= 11 is 0. The molecular weight excluding hydrogens is 358 g/mol. The Hall–Kier alpha value is -1.50. The van der Waals surface area contributed by atoms with Gasteiger partial charge in [0, 0.05) is 31.2 Å². The zero-order valence-electron chi connectivity index (χ0n) is 17.1. The zero-order valence-corrected chi connectivity index (χ0v) is 17.1. The van der Waals surface area contributed by atoms with E-state index >= 15 is 0 Å². The van der Waals surface area contributed by atoms with Crippen molar-refractivity contribution in [3.63, 3.8) is 0 Å². The highest BCUT2D eigenvalue weighted by atomic mass is 16.3. The fraction of sp³-hybridized carbons (Fsp3) is 0.727. The summed E-state index contributed by atoms with van der Waals surface area (Å²) in [5, 5.41) is 31.5. The van der Waals surface area contributed by atoms with E-state index < -0.39 is 12.2 Å². The van der Waals surface area contributed by atoms with Crippen molar-refractivity contribution < 1.29 is 24.9 Å². The summed E-state index contributed by atoms with van der Waals surface area (Å²) in [5.41, 5.74) is 0. The number of carbonyl (C=O) groups excluding carboxylic acids is 2. The van der Waals surface area contributed by atoms with Crippen molar-refractivity contribution in [3.05, 3.63) is 24.3 Å². The van der Waals surface area contributed by atoms with E-state index in [1.807, 2.05) is 12.2 Å². The molecule has 4 atom stereocenters. The molecule has 6 nitrogen and oxygen atoms in total. The summed E-state index contributed by atoms with van der Waals surface area (Å²) in [6.45, 7) is 2.34. The first kappa shape index (κ1) is 24.5. The van der Waals surface area contributed by atoms with Crippen LogP contribution in [0.4, 0.5) is 0 Å². The van der Waals surface area contributed by atoms with Crippen molar-refractivity contribution in [3.8, 4) is 0 Å². The topological polar surface area (TPSA) is 107 Å². The number of rotatable bonds is 14. The predicted molar refractivity (Wildman–Crippen MR) is 110 cm³/mol. The molecule has 1 aliphatic rings. The molecule has 160 valence electrons. The van der Waals surface area contributed by atoms with Gasteiger partial charge in [0.05, 0.1) is 18.8 Å². The highest BCUT2D eigenvalue weighted by molar-refractivity contribution is 5.86. The van der Waals surface area contributed by atoms with Gasteiger partial charge in [-0.15, -0.1) is 0 Å². The molecule has 1 fully saturated rings. The number of hydrogen-bond donors (Lipinski definition) is 4. The van der Waals surface area contributed by atoms with Crippen molar-refractivity contribution in [2.45, 2.75) is 76.9 Å². The number of ketones is 1. The molecule has 0 saturated heterocycles. The lowest BCUT2D eigenvalue weighted by molar-refractivity contribution is -0.121. The van der Waals surface area contributed by atoms with Crippen LogP contribution < -0.4 is 5.32 Å². The molecule has 0 aromatic carbocycles. The molecule has 0 unspecified atom stereocenters. The molecule has 0 radical (unpaired) electrons. The van der Waals surface area contributed by atoms with Gasteiger partial charge in [0.2, 0.25) is 5.91 Å². The van der Waals surface area contributed by atoms with Gasteiger partial charge in [-0.2, -0.15) is 0 Å². The summed E-state index contributed by atoms with van der Waals surface area (Å²) in [4.78, 5) is 23.6. The molecule has 28 heavy (non-hydrogen) atoms. The standard InChI is InChI=1S/C22H37NO5/c1-2-3-6-9-17(25)12-13-19-18(20(26)16-21(19)27)10-7-4-5-8-11-22(28)23-14-15-24/h4,7,12-13,17-20,24-26H,2-3,5-6,8-11,14-16H2,1H3,(H,23,28)/b7-4-,13-12+/t17-,18-,19+,20-/m0/s1. The molecule has 0 aliphatic heterocycles. The summed E-state index contributed by atoms with van der Waals surface area (Å²) in [6.07, 6.45) is 12.8. The highest BCUT2D eigenvalue weighted by Crippen LogP contribution is 2.33. The number of amides is 1. The normalized spacial score (nSPS) is 23.7. The molecule has 0 aromatic heterocycles. The Morgan fingerprint density at radius 2 is 2.07 bits per heavy atom. The molecule has 1 aliphatic carbocycles. The van der Waals surface area contributed by atoms with E-state index in [9.17, 15) is 19.8 Å². The quantitative estimate of drug-likeness (QED) is 0.267. The number of aliphatic hydroxyl groups excluding tert-OH is 3. The Morgan fingerprint density at radius 1 is 1.29 bits per heavy atom. The average molecular weight is 396 g/mol. The number of allylic oxidation sites excluding steroid dienone is 3. The summed E-state index contributed by atoms with van der Waals surface area (Å²) in [7, 11) is 0. The summed E-state index contributed by atoms with van der Waals surface area (Å²) in [5.74, 6) is -0.536. The van der Waals surface area contributed by atoms with Crippen LogP contribution in [0.5, 0.6) is 0 Å². The van der Waals surface area contributed by atoms with E-state index in [4.69, 9.17) is 5.11 Å². The van der Waals surface area contributed by atoms with E-state index in [-0.39, 0.29) is 43.1 Å². The minimum Gasteiger partial charge on any atom is -0.395 e. The smallest absolute Gasteiger partial charge is 0.220 e. The minimum atomic E-state index is -0.645. The van der Waals surface area contributed by atoms with E-state index in [2.05, 4.69) is 12.2 Å². The first-order chi connectivity index (χ1) is 13.5. The number of unbranched alkanes of at least 4 members (excludes halogenated alkanes) is 3. The molecule has 0 spiro atoms. The maximum atomic E-state index is 12.2. The first-order valence-corrected chi connectivity index (χ1v) is 10.6. The number of aliphatic hydroxyl groups is 3. The number of hydrogen-bond acceptors (Lipinski definition) is 5. The van der Waals surface area contributed by atoms with E-state index in [0.717, 1.165) is 25.7 Å². The lowest BCUT2D eigenvalue weighted by atomic mass is 9.90. The maximum absolute atomic E-state index is 12.2. The Bertz CT molecular complexity index is 517. The monoisotopic (exact) mass is 395 g/mol. The number of carbonyl (C=O) groups is 2. The van der Waals surface area contributed by atoms with Gasteiger partial charge < -0.3 is 20.6 Å². The highest BCUT2D eigenvalue weighted by Gasteiger charge is 2.39. The van der Waals surface area contributed by atoms with Crippen LogP contribution in [0, 0.1) is 11.8 Å².